The normalized spacial score (nSPS) is 9.33. The van der Waals surface area contributed by atoms with Crippen molar-refractivity contribution in [3.05, 3.63) is 29.3 Å². The summed E-state index contributed by atoms with van der Waals surface area (Å²) in [6, 6.07) is 4.31. The predicted octanol–water partition coefficient (Wildman–Crippen LogP) is 0.780. The maximum atomic E-state index is 10.5. The summed E-state index contributed by atoms with van der Waals surface area (Å²) < 4.78 is 0. The summed E-state index contributed by atoms with van der Waals surface area (Å²) in [5.74, 6) is -1.15. The molecule has 12 heavy (non-hydrogen) atoms. The van der Waals surface area contributed by atoms with Gasteiger partial charge in [0, 0.05) is 5.69 Å². The van der Waals surface area contributed by atoms with Crippen molar-refractivity contribution in [2.45, 2.75) is 0 Å². The van der Waals surface area contributed by atoms with Gasteiger partial charge >= 0.3 is 5.97 Å². The Kier molecular flexibility index (Phi) is 2.09. The summed E-state index contributed by atoms with van der Waals surface area (Å²) in [7, 11) is 0. The van der Waals surface area contributed by atoms with Crippen LogP contribution in [-0.4, -0.2) is 17.4 Å². The zero-order valence-electron chi connectivity index (χ0n) is 6.15. The molecule has 0 bridgehead atoms. The number of rotatable bonds is 2. The van der Waals surface area contributed by atoms with Crippen molar-refractivity contribution in [1.29, 1.82) is 0 Å². The molecule has 0 aliphatic heterocycles. The standard InChI is InChI=1S/C8H7NO3/c9-7-3-1-2-5(8(11)12)6(7)4-10/h1-4H,9H2,(H,11,12). The first kappa shape index (κ1) is 8.26. The highest BCUT2D eigenvalue weighted by molar-refractivity contribution is 6.00. The van der Waals surface area contributed by atoms with Crippen molar-refractivity contribution in [3.63, 3.8) is 0 Å². The number of aromatic carboxylic acids is 1. The highest BCUT2D eigenvalue weighted by atomic mass is 16.4. The fourth-order valence-electron chi connectivity index (χ4n) is 0.901. The van der Waals surface area contributed by atoms with Gasteiger partial charge in [0.2, 0.25) is 0 Å². The van der Waals surface area contributed by atoms with Gasteiger partial charge in [-0.15, -0.1) is 0 Å². The minimum absolute atomic E-state index is 0.0324. The van der Waals surface area contributed by atoms with Crippen LogP contribution in [0.3, 0.4) is 0 Å². The number of aldehydes is 1. The Bertz CT molecular complexity index is 333. The predicted molar refractivity (Wildman–Crippen MR) is 43.2 cm³/mol. The van der Waals surface area contributed by atoms with Gasteiger partial charge in [0.25, 0.3) is 0 Å². The molecular formula is C8H7NO3. The molecule has 1 aromatic rings. The van der Waals surface area contributed by atoms with Crippen LogP contribution in [0.15, 0.2) is 18.2 Å². The summed E-state index contributed by atoms with van der Waals surface area (Å²) in [5, 5.41) is 8.61. The second-order valence-corrected chi connectivity index (χ2v) is 2.23. The minimum Gasteiger partial charge on any atom is -0.478 e. The first-order valence-electron chi connectivity index (χ1n) is 3.23. The van der Waals surface area contributed by atoms with Crippen LogP contribution in [0.1, 0.15) is 20.7 Å². The average Bonchev–Trinajstić information content (AvgIpc) is 2.03. The second-order valence-electron chi connectivity index (χ2n) is 2.23. The lowest BCUT2D eigenvalue weighted by Crippen LogP contribution is -2.04. The number of nitrogens with two attached hydrogens (primary N) is 1. The fraction of sp³-hybridized carbons (Fsp3) is 0. The maximum absolute atomic E-state index is 10.5. The SMILES string of the molecule is Nc1cccc(C(=O)O)c1C=O. The molecule has 4 heteroatoms. The Labute approximate surface area is 68.6 Å². The van der Waals surface area contributed by atoms with E-state index in [-0.39, 0.29) is 16.8 Å². The zero-order valence-corrected chi connectivity index (χ0v) is 6.15. The second kappa shape index (κ2) is 3.04. The van der Waals surface area contributed by atoms with Crippen molar-refractivity contribution in [2.75, 3.05) is 5.73 Å². The van der Waals surface area contributed by atoms with E-state index in [1.54, 1.807) is 0 Å². The molecule has 0 fully saturated rings. The van der Waals surface area contributed by atoms with Crippen LogP contribution in [0.25, 0.3) is 0 Å². The van der Waals surface area contributed by atoms with Gasteiger partial charge in [0.15, 0.2) is 6.29 Å². The summed E-state index contributed by atoms with van der Waals surface area (Å²) >= 11 is 0. The molecule has 0 saturated carbocycles. The number of carboxylic acid groups (broad SMARTS) is 1. The lowest BCUT2D eigenvalue weighted by Gasteiger charge is -2.01. The largest absolute Gasteiger partial charge is 0.478 e. The van der Waals surface area contributed by atoms with E-state index in [1.165, 1.54) is 18.2 Å². The van der Waals surface area contributed by atoms with Crippen molar-refractivity contribution >= 4 is 17.9 Å². The smallest absolute Gasteiger partial charge is 0.336 e. The number of carbonyl (C=O) groups excluding carboxylic acids is 1. The highest BCUT2D eigenvalue weighted by Crippen LogP contribution is 2.14. The Morgan fingerprint density at radius 3 is 2.58 bits per heavy atom. The molecular weight excluding hydrogens is 158 g/mol. The fourth-order valence-corrected chi connectivity index (χ4v) is 0.901. The highest BCUT2D eigenvalue weighted by Gasteiger charge is 2.10. The summed E-state index contributed by atoms with van der Waals surface area (Å²) in [6.45, 7) is 0. The molecule has 0 aromatic heterocycles. The number of benzene rings is 1. The van der Waals surface area contributed by atoms with Crippen LogP contribution in [0.4, 0.5) is 5.69 Å². The third-order valence-corrected chi connectivity index (χ3v) is 1.49. The average molecular weight is 165 g/mol. The Morgan fingerprint density at radius 1 is 1.50 bits per heavy atom. The third-order valence-electron chi connectivity index (χ3n) is 1.49. The molecule has 3 N–H and O–H groups in total. The number of nitrogen functional groups attached to an aromatic ring is 1. The Hall–Kier alpha value is -1.84. The molecule has 0 spiro atoms. The first-order chi connectivity index (χ1) is 5.66. The summed E-state index contributed by atoms with van der Waals surface area (Å²) in [4.78, 5) is 20.9. The van der Waals surface area contributed by atoms with Gasteiger partial charge in [-0.1, -0.05) is 6.07 Å². The van der Waals surface area contributed by atoms with E-state index in [4.69, 9.17) is 10.8 Å². The summed E-state index contributed by atoms with van der Waals surface area (Å²) in [6.07, 6.45) is 0.443. The van der Waals surface area contributed by atoms with Crippen LogP contribution in [0, 0.1) is 0 Å². The van der Waals surface area contributed by atoms with Gasteiger partial charge in [-0.05, 0) is 12.1 Å². The molecule has 0 heterocycles. The summed E-state index contributed by atoms with van der Waals surface area (Å²) in [5.41, 5.74) is 5.53. The lowest BCUT2D eigenvalue weighted by atomic mass is 10.1. The molecule has 1 rings (SSSR count). The van der Waals surface area contributed by atoms with E-state index in [9.17, 15) is 9.59 Å². The molecule has 0 unspecified atom stereocenters. The van der Waals surface area contributed by atoms with E-state index in [1.807, 2.05) is 0 Å². The number of carboxylic acids is 1. The van der Waals surface area contributed by atoms with Crippen molar-refractivity contribution in [2.24, 2.45) is 0 Å². The van der Waals surface area contributed by atoms with E-state index in [2.05, 4.69) is 0 Å². The van der Waals surface area contributed by atoms with E-state index in [0.717, 1.165) is 0 Å². The molecule has 0 saturated heterocycles. The topological polar surface area (TPSA) is 80.4 Å². The van der Waals surface area contributed by atoms with Gasteiger partial charge in [-0.2, -0.15) is 0 Å². The number of carbonyl (C=O) groups is 2. The molecule has 0 atom stereocenters. The number of hydrogen-bond donors (Lipinski definition) is 2. The van der Waals surface area contributed by atoms with E-state index in [0.29, 0.717) is 6.29 Å². The lowest BCUT2D eigenvalue weighted by molar-refractivity contribution is 0.0694. The minimum atomic E-state index is -1.15. The van der Waals surface area contributed by atoms with E-state index < -0.39 is 5.97 Å². The third kappa shape index (κ3) is 1.27. The molecule has 0 aliphatic rings. The first-order valence-corrected chi connectivity index (χ1v) is 3.23. The number of hydrogen-bond acceptors (Lipinski definition) is 3. The molecule has 62 valence electrons. The molecule has 4 nitrogen and oxygen atoms in total. The van der Waals surface area contributed by atoms with Crippen LogP contribution >= 0.6 is 0 Å². The molecule has 0 aliphatic carbocycles. The molecule has 0 radical (unpaired) electrons. The van der Waals surface area contributed by atoms with Gasteiger partial charge in [-0.3, -0.25) is 4.79 Å². The van der Waals surface area contributed by atoms with Gasteiger partial charge in [0.1, 0.15) is 0 Å². The van der Waals surface area contributed by atoms with Gasteiger partial charge in [0.05, 0.1) is 11.1 Å². The molecule has 1 aromatic carbocycles. The van der Waals surface area contributed by atoms with Crippen molar-refractivity contribution in [3.8, 4) is 0 Å². The van der Waals surface area contributed by atoms with Crippen LogP contribution in [-0.2, 0) is 0 Å². The quantitative estimate of drug-likeness (QED) is 0.501. The van der Waals surface area contributed by atoms with Gasteiger partial charge < -0.3 is 10.8 Å². The van der Waals surface area contributed by atoms with Crippen molar-refractivity contribution < 1.29 is 14.7 Å². The van der Waals surface area contributed by atoms with Crippen LogP contribution < -0.4 is 5.73 Å². The number of anilines is 1. The van der Waals surface area contributed by atoms with Gasteiger partial charge in [-0.25, -0.2) is 4.79 Å². The van der Waals surface area contributed by atoms with E-state index >= 15 is 0 Å². The van der Waals surface area contributed by atoms with Crippen molar-refractivity contribution in [1.82, 2.24) is 0 Å². The maximum Gasteiger partial charge on any atom is 0.336 e. The van der Waals surface area contributed by atoms with Crippen LogP contribution in [0.5, 0.6) is 0 Å². The zero-order chi connectivity index (χ0) is 9.14. The molecule has 0 amide bonds. The Balaban J connectivity index is 3.37. The monoisotopic (exact) mass is 165 g/mol. The Morgan fingerprint density at radius 2 is 2.17 bits per heavy atom. The van der Waals surface area contributed by atoms with Crippen LogP contribution in [0.2, 0.25) is 0 Å².